The number of nitrogens with zero attached hydrogens (tertiary/aromatic N) is 1. The summed E-state index contributed by atoms with van der Waals surface area (Å²) in [5.41, 5.74) is 0.839. The lowest BCUT2D eigenvalue weighted by atomic mass is 9.98. The highest BCUT2D eigenvalue weighted by Gasteiger charge is 2.43. The van der Waals surface area contributed by atoms with Crippen LogP contribution in [0.5, 0.6) is 11.5 Å². The molecule has 2 aliphatic rings. The standard InChI is InChI=1S/C19H19NO5S/c1-11-17(25-14-6-4-3-5-13(14)24-11)18(21)20-9-7-15-12(8-10-26-15)16(20)19(22)23-2/h3-6,8,10-11,16-17H,7,9H2,1-2H3/t11-,16-,17+/m1/s1. The van der Waals surface area contributed by atoms with Crippen molar-refractivity contribution < 1.29 is 23.8 Å². The molecule has 0 saturated carbocycles. The van der Waals surface area contributed by atoms with E-state index in [0.29, 0.717) is 24.5 Å². The molecule has 0 bridgehead atoms. The summed E-state index contributed by atoms with van der Waals surface area (Å²) in [7, 11) is 1.34. The van der Waals surface area contributed by atoms with Crippen LogP contribution < -0.4 is 9.47 Å². The van der Waals surface area contributed by atoms with E-state index in [1.165, 1.54) is 7.11 Å². The van der Waals surface area contributed by atoms with E-state index in [1.54, 1.807) is 29.2 Å². The van der Waals surface area contributed by atoms with Crippen LogP contribution >= 0.6 is 11.3 Å². The molecule has 0 N–H and O–H groups in total. The zero-order valence-electron chi connectivity index (χ0n) is 14.5. The third kappa shape index (κ3) is 2.72. The van der Waals surface area contributed by atoms with Gasteiger partial charge in [0.2, 0.25) is 6.10 Å². The first-order valence-corrected chi connectivity index (χ1v) is 9.35. The Bertz CT molecular complexity index is 848. The third-order valence-corrected chi connectivity index (χ3v) is 5.76. The van der Waals surface area contributed by atoms with Gasteiger partial charge in [0.25, 0.3) is 5.91 Å². The molecular weight excluding hydrogens is 354 g/mol. The van der Waals surface area contributed by atoms with Crippen molar-refractivity contribution in [3.05, 3.63) is 46.2 Å². The first-order valence-electron chi connectivity index (χ1n) is 8.47. The molecule has 3 heterocycles. The van der Waals surface area contributed by atoms with E-state index in [9.17, 15) is 9.59 Å². The molecule has 2 aromatic rings. The minimum Gasteiger partial charge on any atom is -0.482 e. The summed E-state index contributed by atoms with van der Waals surface area (Å²) in [5.74, 6) is 0.445. The average molecular weight is 373 g/mol. The maximum Gasteiger partial charge on any atom is 0.333 e. The summed E-state index contributed by atoms with van der Waals surface area (Å²) in [6, 6.07) is 8.41. The highest BCUT2D eigenvalue weighted by Crippen LogP contribution is 2.37. The van der Waals surface area contributed by atoms with Crippen LogP contribution in [-0.2, 0) is 20.7 Å². The zero-order valence-corrected chi connectivity index (χ0v) is 15.3. The molecule has 0 aliphatic carbocycles. The number of methoxy groups -OCH3 is 1. The highest BCUT2D eigenvalue weighted by atomic mass is 32.1. The van der Waals surface area contributed by atoms with Gasteiger partial charge in [0.1, 0.15) is 6.10 Å². The topological polar surface area (TPSA) is 65.1 Å². The van der Waals surface area contributed by atoms with Gasteiger partial charge >= 0.3 is 5.97 Å². The lowest BCUT2D eigenvalue weighted by Crippen LogP contribution is -2.54. The molecule has 4 rings (SSSR count). The molecular formula is C19H19NO5S. The lowest BCUT2D eigenvalue weighted by molar-refractivity contribution is -0.159. The summed E-state index contributed by atoms with van der Waals surface area (Å²) in [6.07, 6.45) is -0.554. The van der Waals surface area contributed by atoms with Gasteiger partial charge in [-0.3, -0.25) is 4.79 Å². The molecule has 136 valence electrons. The molecule has 26 heavy (non-hydrogen) atoms. The summed E-state index contributed by atoms with van der Waals surface area (Å²) < 4.78 is 16.7. The van der Waals surface area contributed by atoms with Gasteiger partial charge in [-0.2, -0.15) is 0 Å². The molecule has 1 amide bonds. The largest absolute Gasteiger partial charge is 0.482 e. The Morgan fingerprint density at radius 2 is 1.92 bits per heavy atom. The fourth-order valence-electron chi connectivity index (χ4n) is 3.47. The normalized spacial score (nSPS) is 23.9. The number of para-hydroxylation sites is 2. The first-order chi connectivity index (χ1) is 12.6. The minimum atomic E-state index is -0.808. The summed E-state index contributed by atoms with van der Waals surface area (Å²) in [6.45, 7) is 2.24. The van der Waals surface area contributed by atoms with E-state index >= 15 is 0 Å². The molecule has 6 nitrogen and oxygen atoms in total. The van der Waals surface area contributed by atoms with Gasteiger partial charge in [-0.05, 0) is 42.5 Å². The van der Waals surface area contributed by atoms with Crippen LogP contribution in [0.1, 0.15) is 23.4 Å². The van der Waals surface area contributed by atoms with Crippen LogP contribution in [-0.4, -0.2) is 42.6 Å². The Labute approximate surface area is 155 Å². The maximum atomic E-state index is 13.3. The smallest absolute Gasteiger partial charge is 0.333 e. The monoisotopic (exact) mass is 373 g/mol. The van der Waals surface area contributed by atoms with Gasteiger partial charge in [-0.1, -0.05) is 12.1 Å². The predicted molar refractivity (Wildman–Crippen MR) is 95.4 cm³/mol. The van der Waals surface area contributed by atoms with Crippen molar-refractivity contribution in [2.24, 2.45) is 0 Å². The second kappa shape index (κ2) is 6.64. The molecule has 3 atom stereocenters. The number of hydrogen-bond acceptors (Lipinski definition) is 6. The molecule has 0 fully saturated rings. The number of ether oxygens (including phenoxy) is 3. The van der Waals surface area contributed by atoms with Crippen molar-refractivity contribution >= 4 is 23.2 Å². The number of thiophene rings is 1. The fourth-order valence-corrected chi connectivity index (χ4v) is 4.38. The van der Waals surface area contributed by atoms with Crippen molar-refractivity contribution in [3.63, 3.8) is 0 Å². The Morgan fingerprint density at radius 1 is 1.19 bits per heavy atom. The van der Waals surface area contributed by atoms with Gasteiger partial charge in [0.05, 0.1) is 7.11 Å². The maximum absolute atomic E-state index is 13.3. The van der Waals surface area contributed by atoms with Gasteiger partial charge in [-0.25, -0.2) is 4.79 Å². The molecule has 0 unspecified atom stereocenters. The van der Waals surface area contributed by atoms with Crippen molar-refractivity contribution in [1.29, 1.82) is 0 Å². The summed E-state index contributed by atoms with van der Waals surface area (Å²) in [4.78, 5) is 28.3. The second-order valence-electron chi connectivity index (χ2n) is 6.31. The number of fused-ring (bicyclic) bond motifs is 2. The number of carbonyl (C=O) groups is 2. The van der Waals surface area contributed by atoms with E-state index in [0.717, 1.165) is 10.4 Å². The Morgan fingerprint density at radius 3 is 2.65 bits per heavy atom. The van der Waals surface area contributed by atoms with Crippen molar-refractivity contribution in [3.8, 4) is 11.5 Å². The third-order valence-electron chi connectivity index (χ3n) is 4.76. The summed E-state index contributed by atoms with van der Waals surface area (Å²) >= 11 is 1.60. The zero-order chi connectivity index (χ0) is 18.3. The van der Waals surface area contributed by atoms with Gasteiger partial charge in [-0.15, -0.1) is 11.3 Å². The molecule has 1 aromatic carbocycles. The number of amides is 1. The van der Waals surface area contributed by atoms with Gasteiger partial charge in [0, 0.05) is 11.4 Å². The minimum absolute atomic E-state index is 0.265. The first kappa shape index (κ1) is 16.9. The van der Waals surface area contributed by atoms with E-state index in [2.05, 4.69) is 0 Å². The van der Waals surface area contributed by atoms with Crippen LogP contribution in [0, 0.1) is 0 Å². The Hall–Kier alpha value is -2.54. The van der Waals surface area contributed by atoms with E-state index in [4.69, 9.17) is 14.2 Å². The Kier molecular flexibility index (Phi) is 4.32. The van der Waals surface area contributed by atoms with Crippen LogP contribution in [0.2, 0.25) is 0 Å². The fraction of sp³-hybridized carbons (Fsp3) is 0.368. The number of carbonyl (C=O) groups excluding carboxylic acids is 2. The van der Waals surface area contributed by atoms with E-state index in [1.807, 2.05) is 29.6 Å². The van der Waals surface area contributed by atoms with E-state index < -0.39 is 24.2 Å². The quantitative estimate of drug-likeness (QED) is 0.757. The average Bonchev–Trinajstić information content (AvgIpc) is 3.14. The van der Waals surface area contributed by atoms with Crippen LogP contribution in [0.4, 0.5) is 0 Å². The molecule has 0 spiro atoms. The highest BCUT2D eigenvalue weighted by molar-refractivity contribution is 7.10. The van der Waals surface area contributed by atoms with Crippen LogP contribution in [0.15, 0.2) is 35.7 Å². The number of hydrogen-bond donors (Lipinski definition) is 0. The van der Waals surface area contributed by atoms with Gasteiger partial charge in [0.15, 0.2) is 17.5 Å². The molecule has 0 saturated heterocycles. The molecule has 1 aromatic heterocycles. The van der Waals surface area contributed by atoms with Crippen molar-refractivity contribution in [1.82, 2.24) is 4.90 Å². The Balaban J connectivity index is 1.64. The lowest BCUT2D eigenvalue weighted by Gasteiger charge is -2.39. The van der Waals surface area contributed by atoms with Crippen LogP contribution in [0.25, 0.3) is 0 Å². The number of esters is 1. The molecule has 2 aliphatic heterocycles. The summed E-state index contributed by atoms with van der Waals surface area (Å²) in [5, 5.41) is 1.94. The van der Waals surface area contributed by atoms with Crippen molar-refractivity contribution in [2.75, 3.05) is 13.7 Å². The van der Waals surface area contributed by atoms with Crippen molar-refractivity contribution in [2.45, 2.75) is 31.6 Å². The number of benzene rings is 1. The van der Waals surface area contributed by atoms with E-state index in [-0.39, 0.29) is 5.91 Å². The molecule has 7 heteroatoms. The predicted octanol–water partition coefficient (Wildman–Crippen LogP) is 2.58. The number of rotatable bonds is 2. The van der Waals surface area contributed by atoms with Crippen LogP contribution in [0.3, 0.4) is 0 Å². The SMILES string of the molecule is COC(=O)[C@H]1c2ccsc2CCN1C(=O)[C@H]1Oc2ccccc2O[C@@H]1C. The second-order valence-corrected chi connectivity index (χ2v) is 7.32. The van der Waals surface area contributed by atoms with Gasteiger partial charge < -0.3 is 19.1 Å². The molecule has 0 radical (unpaired) electrons.